The molecule has 3 N–H and O–H groups in total. The van der Waals surface area contributed by atoms with Crippen LogP contribution < -0.4 is 11.1 Å². The fraction of sp³-hybridized carbons (Fsp3) is 0.250. The van der Waals surface area contributed by atoms with Crippen molar-refractivity contribution in [1.82, 2.24) is 10.2 Å². The predicted molar refractivity (Wildman–Crippen MR) is 48.1 cm³/mol. The SMILES string of the molecule is NC(=O)CNC(=O)CN1C(=O)C=CC1=O. The third-order valence-electron chi connectivity index (χ3n) is 1.66. The Hall–Kier alpha value is -2.18. The molecule has 1 aliphatic rings. The molecule has 4 amide bonds. The van der Waals surface area contributed by atoms with Gasteiger partial charge in [0.15, 0.2) is 0 Å². The molecule has 0 saturated carbocycles. The van der Waals surface area contributed by atoms with Crippen molar-refractivity contribution in [2.24, 2.45) is 5.73 Å². The van der Waals surface area contributed by atoms with E-state index in [9.17, 15) is 19.2 Å². The van der Waals surface area contributed by atoms with Crippen LogP contribution in [0.5, 0.6) is 0 Å². The first-order valence-electron chi connectivity index (χ1n) is 4.09. The van der Waals surface area contributed by atoms with E-state index in [1.165, 1.54) is 0 Å². The summed E-state index contributed by atoms with van der Waals surface area (Å²) >= 11 is 0. The predicted octanol–water partition coefficient (Wildman–Crippen LogP) is -2.49. The Morgan fingerprint density at radius 2 is 1.80 bits per heavy atom. The Morgan fingerprint density at radius 3 is 2.27 bits per heavy atom. The van der Waals surface area contributed by atoms with Gasteiger partial charge in [-0.25, -0.2) is 0 Å². The molecule has 0 saturated heterocycles. The molecule has 0 spiro atoms. The first kappa shape index (κ1) is 10.9. The molecule has 7 heteroatoms. The van der Waals surface area contributed by atoms with Crippen LogP contribution in [-0.4, -0.2) is 41.6 Å². The third kappa shape index (κ3) is 2.90. The molecule has 0 unspecified atom stereocenters. The Morgan fingerprint density at radius 1 is 1.27 bits per heavy atom. The number of nitrogens with one attached hydrogen (secondary N) is 1. The summed E-state index contributed by atoms with van der Waals surface area (Å²) in [7, 11) is 0. The van der Waals surface area contributed by atoms with E-state index in [-0.39, 0.29) is 6.54 Å². The monoisotopic (exact) mass is 211 g/mol. The number of nitrogens with two attached hydrogens (primary N) is 1. The zero-order valence-electron chi connectivity index (χ0n) is 7.73. The molecule has 7 nitrogen and oxygen atoms in total. The summed E-state index contributed by atoms with van der Waals surface area (Å²) in [4.78, 5) is 44.2. The van der Waals surface area contributed by atoms with Crippen molar-refractivity contribution in [3.8, 4) is 0 Å². The second kappa shape index (κ2) is 4.36. The van der Waals surface area contributed by atoms with E-state index >= 15 is 0 Å². The van der Waals surface area contributed by atoms with Crippen LogP contribution >= 0.6 is 0 Å². The van der Waals surface area contributed by atoms with E-state index < -0.39 is 30.2 Å². The van der Waals surface area contributed by atoms with Crippen molar-refractivity contribution in [3.05, 3.63) is 12.2 Å². The molecular weight excluding hydrogens is 202 g/mol. The van der Waals surface area contributed by atoms with Crippen molar-refractivity contribution >= 4 is 23.6 Å². The van der Waals surface area contributed by atoms with Crippen molar-refractivity contribution in [1.29, 1.82) is 0 Å². The highest BCUT2D eigenvalue weighted by atomic mass is 16.2. The number of hydrogen-bond donors (Lipinski definition) is 2. The van der Waals surface area contributed by atoms with Gasteiger partial charge in [-0.2, -0.15) is 0 Å². The lowest BCUT2D eigenvalue weighted by Crippen LogP contribution is -2.42. The molecule has 1 heterocycles. The molecule has 0 aromatic rings. The average molecular weight is 211 g/mol. The Kier molecular flexibility index (Phi) is 3.17. The zero-order valence-corrected chi connectivity index (χ0v) is 7.73. The van der Waals surface area contributed by atoms with Gasteiger partial charge in [0.05, 0.1) is 6.54 Å². The lowest BCUT2D eigenvalue weighted by atomic mass is 10.4. The smallest absolute Gasteiger partial charge is 0.254 e. The van der Waals surface area contributed by atoms with Gasteiger partial charge in [0.25, 0.3) is 11.8 Å². The first-order valence-corrected chi connectivity index (χ1v) is 4.09. The summed E-state index contributed by atoms with van der Waals surface area (Å²) in [5.74, 6) is -2.40. The maximum atomic E-state index is 11.1. The molecule has 80 valence electrons. The maximum Gasteiger partial charge on any atom is 0.254 e. The molecular formula is C8H9N3O4. The Bertz CT molecular complexity index is 343. The molecule has 0 aromatic heterocycles. The topological polar surface area (TPSA) is 110 Å². The summed E-state index contributed by atoms with van der Waals surface area (Å²) in [6, 6.07) is 0. The lowest BCUT2D eigenvalue weighted by Gasteiger charge is -2.12. The molecule has 0 aliphatic carbocycles. The van der Waals surface area contributed by atoms with Gasteiger partial charge in [0, 0.05) is 12.2 Å². The third-order valence-corrected chi connectivity index (χ3v) is 1.66. The molecule has 1 rings (SSSR count). The highest BCUT2D eigenvalue weighted by molar-refractivity contribution is 6.14. The van der Waals surface area contributed by atoms with E-state index in [1.54, 1.807) is 0 Å². The average Bonchev–Trinajstić information content (AvgIpc) is 2.46. The van der Waals surface area contributed by atoms with E-state index in [1.807, 2.05) is 0 Å². The van der Waals surface area contributed by atoms with Crippen molar-refractivity contribution < 1.29 is 19.2 Å². The highest BCUT2D eigenvalue weighted by Gasteiger charge is 2.25. The standard InChI is InChI=1S/C8H9N3O4/c9-5(12)3-10-6(13)4-11-7(14)1-2-8(11)15/h1-2H,3-4H2,(H2,9,12)(H,10,13). The van der Waals surface area contributed by atoms with E-state index in [4.69, 9.17) is 5.73 Å². The van der Waals surface area contributed by atoms with Gasteiger partial charge in [-0.15, -0.1) is 0 Å². The van der Waals surface area contributed by atoms with Gasteiger partial charge in [-0.05, 0) is 0 Å². The number of hydrogen-bond acceptors (Lipinski definition) is 4. The molecule has 1 aliphatic heterocycles. The minimum atomic E-state index is -0.694. The fourth-order valence-corrected chi connectivity index (χ4v) is 0.972. The second-order valence-corrected chi connectivity index (χ2v) is 2.84. The number of amides is 4. The van der Waals surface area contributed by atoms with Gasteiger partial charge < -0.3 is 11.1 Å². The van der Waals surface area contributed by atoms with E-state index in [2.05, 4.69) is 5.32 Å². The zero-order chi connectivity index (χ0) is 11.4. The number of imide groups is 1. The summed E-state index contributed by atoms with van der Waals surface area (Å²) in [6.07, 6.45) is 2.15. The lowest BCUT2D eigenvalue weighted by molar-refractivity contribution is -0.141. The van der Waals surface area contributed by atoms with Crippen LogP contribution in [0.15, 0.2) is 12.2 Å². The number of carbonyl (C=O) groups is 4. The summed E-state index contributed by atoms with van der Waals surface area (Å²) in [5, 5.41) is 2.16. The van der Waals surface area contributed by atoms with Gasteiger partial charge in [-0.3, -0.25) is 24.1 Å². The largest absolute Gasteiger partial charge is 0.368 e. The summed E-state index contributed by atoms with van der Waals surface area (Å²) in [6.45, 7) is -0.722. The summed E-state index contributed by atoms with van der Waals surface area (Å²) in [5.41, 5.74) is 4.79. The van der Waals surface area contributed by atoms with Crippen LogP contribution in [0.2, 0.25) is 0 Å². The molecule has 0 atom stereocenters. The Labute approximate surface area is 84.9 Å². The van der Waals surface area contributed by atoms with E-state index in [0.717, 1.165) is 17.1 Å². The van der Waals surface area contributed by atoms with Crippen LogP contribution in [0.25, 0.3) is 0 Å². The number of carbonyl (C=O) groups excluding carboxylic acids is 4. The molecule has 15 heavy (non-hydrogen) atoms. The maximum absolute atomic E-state index is 11.1. The number of nitrogens with zero attached hydrogens (tertiary/aromatic N) is 1. The van der Waals surface area contributed by atoms with Gasteiger partial charge in [0.1, 0.15) is 6.54 Å². The molecule has 0 aromatic carbocycles. The quantitative estimate of drug-likeness (QED) is 0.501. The van der Waals surface area contributed by atoms with Gasteiger partial charge in [-0.1, -0.05) is 0 Å². The van der Waals surface area contributed by atoms with Crippen molar-refractivity contribution in [3.63, 3.8) is 0 Å². The van der Waals surface area contributed by atoms with Crippen LogP contribution in [-0.2, 0) is 19.2 Å². The Balaban J connectivity index is 2.42. The number of rotatable bonds is 4. The van der Waals surface area contributed by atoms with Gasteiger partial charge in [0.2, 0.25) is 11.8 Å². The highest BCUT2D eigenvalue weighted by Crippen LogP contribution is 2.01. The van der Waals surface area contributed by atoms with Crippen LogP contribution in [0, 0.1) is 0 Å². The normalized spacial score (nSPS) is 14.5. The van der Waals surface area contributed by atoms with Crippen molar-refractivity contribution in [2.45, 2.75) is 0 Å². The minimum Gasteiger partial charge on any atom is -0.368 e. The fourth-order valence-electron chi connectivity index (χ4n) is 0.972. The van der Waals surface area contributed by atoms with Crippen molar-refractivity contribution in [2.75, 3.05) is 13.1 Å². The number of primary amides is 1. The van der Waals surface area contributed by atoms with Crippen LogP contribution in [0.4, 0.5) is 0 Å². The second-order valence-electron chi connectivity index (χ2n) is 2.84. The van der Waals surface area contributed by atoms with E-state index in [0.29, 0.717) is 0 Å². The summed E-state index contributed by atoms with van der Waals surface area (Å²) < 4.78 is 0. The van der Waals surface area contributed by atoms with Gasteiger partial charge >= 0.3 is 0 Å². The molecule has 0 fully saturated rings. The molecule has 0 bridgehead atoms. The van der Waals surface area contributed by atoms with Crippen LogP contribution in [0.3, 0.4) is 0 Å². The van der Waals surface area contributed by atoms with Crippen LogP contribution in [0.1, 0.15) is 0 Å². The minimum absolute atomic E-state index is 0.317. The first-order chi connectivity index (χ1) is 7.00. The molecule has 0 radical (unpaired) electrons.